The molecule has 0 spiro atoms. The van der Waals surface area contributed by atoms with E-state index in [1.807, 2.05) is 13.8 Å². The summed E-state index contributed by atoms with van der Waals surface area (Å²) in [6, 6.07) is 0. The van der Waals surface area contributed by atoms with Crippen LogP contribution in [0.15, 0.2) is 4.42 Å². The molecule has 1 aliphatic heterocycles. The molecule has 1 aliphatic rings. The van der Waals surface area contributed by atoms with Crippen molar-refractivity contribution < 1.29 is 9.15 Å². The molecule has 0 aromatic carbocycles. The molecule has 1 atom stereocenters. The van der Waals surface area contributed by atoms with Crippen LogP contribution in [0.3, 0.4) is 0 Å². The molecular formula is C13H22N2O2. The third kappa shape index (κ3) is 3.07. The van der Waals surface area contributed by atoms with Crippen molar-refractivity contribution in [1.29, 1.82) is 0 Å². The number of hydrogen-bond acceptors (Lipinski definition) is 4. The molecule has 17 heavy (non-hydrogen) atoms. The molecule has 0 radical (unpaired) electrons. The van der Waals surface area contributed by atoms with Crippen LogP contribution in [-0.2, 0) is 11.3 Å². The molecule has 1 fully saturated rings. The van der Waals surface area contributed by atoms with Gasteiger partial charge in [0.2, 0.25) is 5.89 Å². The highest BCUT2D eigenvalue weighted by molar-refractivity contribution is 5.05. The highest BCUT2D eigenvalue weighted by Gasteiger charge is 2.24. The standard InChI is InChI=1S/C13H22N2O2/c1-9(2)12-7-15(5-6-16-12)8-13-14-10(3)11(4)17-13/h9,12H,5-8H2,1-4H3. The van der Waals surface area contributed by atoms with Gasteiger partial charge in [0.25, 0.3) is 0 Å². The smallest absolute Gasteiger partial charge is 0.208 e. The number of aromatic nitrogens is 1. The molecule has 4 nitrogen and oxygen atoms in total. The lowest BCUT2D eigenvalue weighted by Crippen LogP contribution is -2.44. The fourth-order valence-corrected chi connectivity index (χ4v) is 2.08. The van der Waals surface area contributed by atoms with Gasteiger partial charge in [-0.05, 0) is 19.8 Å². The van der Waals surface area contributed by atoms with Crippen LogP contribution < -0.4 is 0 Å². The highest BCUT2D eigenvalue weighted by Crippen LogP contribution is 2.16. The zero-order chi connectivity index (χ0) is 12.4. The van der Waals surface area contributed by atoms with E-state index in [2.05, 4.69) is 23.7 Å². The average Bonchev–Trinajstić information content (AvgIpc) is 2.58. The molecule has 0 amide bonds. The molecule has 2 heterocycles. The predicted molar refractivity (Wildman–Crippen MR) is 65.8 cm³/mol. The molecule has 1 unspecified atom stereocenters. The maximum atomic E-state index is 5.74. The SMILES string of the molecule is Cc1nc(CN2CCOC(C(C)C)C2)oc1C. The Bertz CT molecular complexity index is 354. The van der Waals surface area contributed by atoms with Gasteiger partial charge in [-0.3, -0.25) is 4.90 Å². The number of aryl methyl sites for hydroxylation is 2. The van der Waals surface area contributed by atoms with Gasteiger partial charge in [0.15, 0.2) is 0 Å². The van der Waals surface area contributed by atoms with Crippen LogP contribution in [0, 0.1) is 19.8 Å². The monoisotopic (exact) mass is 238 g/mol. The number of rotatable bonds is 3. The number of ether oxygens (including phenoxy) is 1. The first kappa shape index (κ1) is 12.6. The van der Waals surface area contributed by atoms with E-state index in [9.17, 15) is 0 Å². The second kappa shape index (κ2) is 5.19. The Morgan fingerprint density at radius 2 is 2.18 bits per heavy atom. The van der Waals surface area contributed by atoms with Crippen molar-refractivity contribution >= 4 is 0 Å². The summed E-state index contributed by atoms with van der Waals surface area (Å²) in [6.45, 7) is 11.9. The van der Waals surface area contributed by atoms with E-state index < -0.39 is 0 Å². The molecular weight excluding hydrogens is 216 g/mol. The molecule has 4 heteroatoms. The zero-order valence-corrected chi connectivity index (χ0v) is 11.2. The summed E-state index contributed by atoms with van der Waals surface area (Å²) >= 11 is 0. The Morgan fingerprint density at radius 3 is 2.76 bits per heavy atom. The predicted octanol–water partition coefficient (Wildman–Crippen LogP) is 2.15. The fraction of sp³-hybridized carbons (Fsp3) is 0.769. The quantitative estimate of drug-likeness (QED) is 0.808. The van der Waals surface area contributed by atoms with Gasteiger partial charge in [-0.1, -0.05) is 13.8 Å². The van der Waals surface area contributed by atoms with E-state index >= 15 is 0 Å². The largest absolute Gasteiger partial charge is 0.444 e. The van der Waals surface area contributed by atoms with E-state index in [1.54, 1.807) is 0 Å². The Kier molecular flexibility index (Phi) is 3.84. The summed E-state index contributed by atoms with van der Waals surface area (Å²) in [5.41, 5.74) is 0.994. The number of oxazole rings is 1. The van der Waals surface area contributed by atoms with Gasteiger partial charge < -0.3 is 9.15 Å². The molecule has 0 aliphatic carbocycles. The molecule has 0 bridgehead atoms. The van der Waals surface area contributed by atoms with Crippen molar-refractivity contribution in [3.63, 3.8) is 0 Å². The first-order valence-corrected chi connectivity index (χ1v) is 6.33. The molecule has 1 aromatic heterocycles. The molecule has 96 valence electrons. The molecule has 2 rings (SSSR count). The topological polar surface area (TPSA) is 38.5 Å². The Balaban J connectivity index is 1.94. The van der Waals surface area contributed by atoms with E-state index in [4.69, 9.17) is 9.15 Å². The van der Waals surface area contributed by atoms with Gasteiger partial charge in [-0.25, -0.2) is 4.98 Å². The zero-order valence-electron chi connectivity index (χ0n) is 11.2. The third-order valence-corrected chi connectivity index (χ3v) is 3.35. The maximum Gasteiger partial charge on any atom is 0.208 e. The summed E-state index contributed by atoms with van der Waals surface area (Å²) in [5.74, 6) is 2.31. The molecule has 0 N–H and O–H groups in total. The fourth-order valence-electron chi connectivity index (χ4n) is 2.08. The molecule has 1 saturated heterocycles. The van der Waals surface area contributed by atoms with Gasteiger partial charge in [0.05, 0.1) is 24.9 Å². The average molecular weight is 238 g/mol. The molecule has 1 aromatic rings. The van der Waals surface area contributed by atoms with Gasteiger partial charge in [-0.2, -0.15) is 0 Å². The minimum absolute atomic E-state index is 0.334. The number of morpholine rings is 1. The van der Waals surface area contributed by atoms with Crippen LogP contribution >= 0.6 is 0 Å². The highest BCUT2D eigenvalue weighted by atomic mass is 16.5. The van der Waals surface area contributed by atoms with Crippen LogP contribution in [0.4, 0.5) is 0 Å². The summed E-state index contributed by atoms with van der Waals surface area (Å²) in [6.07, 6.45) is 0.334. The number of nitrogens with zero attached hydrogens (tertiary/aromatic N) is 2. The van der Waals surface area contributed by atoms with Crippen LogP contribution in [0.25, 0.3) is 0 Å². The minimum atomic E-state index is 0.334. The van der Waals surface area contributed by atoms with E-state index in [-0.39, 0.29) is 0 Å². The van der Waals surface area contributed by atoms with Gasteiger partial charge >= 0.3 is 0 Å². The number of hydrogen-bond donors (Lipinski definition) is 0. The molecule has 0 saturated carbocycles. The Morgan fingerprint density at radius 1 is 1.41 bits per heavy atom. The summed E-state index contributed by atoms with van der Waals surface area (Å²) in [7, 11) is 0. The van der Waals surface area contributed by atoms with Crippen LogP contribution in [0.5, 0.6) is 0 Å². The van der Waals surface area contributed by atoms with Crippen molar-refractivity contribution in [1.82, 2.24) is 9.88 Å². The van der Waals surface area contributed by atoms with E-state index in [0.717, 1.165) is 43.6 Å². The van der Waals surface area contributed by atoms with E-state index in [1.165, 1.54) is 0 Å². The third-order valence-electron chi connectivity index (χ3n) is 3.35. The van der Waals surface area contributed by atoms with Crippen molar-refractivity contribution in [2.75, 3.05) is 19.7 Å². The van der Waals surface area contributed by atoms with Gasteiger partial charge in [0, 0.05) is 13.1 Å². The lowest BCUT2D eigenvalue weighted by molar-refractivity contribution is -0.0548. The van der Waals surface area contributed by atoms with Crippen molar-refractivity contribution in [3.8, 4) is 0 Å². The first-order chi connectivity index (χ1) is 8.06. The first-order valence-electron chi connectivity index (χ1n) is 6.33. The maximum absolute atomic E-state index is 5.74. The second-order valence-corrected chi connectivity index (χ2v) is 5.14. The van der Waals surface area contributed by atoms with Crippen LogP contribution in [-0.4, -0.2) is 35.7 Å². The van der Waals surface area contributed by atoms with Crippen molar-refractivity contribution in [2.24, 2.45) is 5.92 Å². The normalized spacial score (nSPS) is 22.3. The van der Waals surface area contributed by atoms with Gasteiger partial charge in [-0.15, -0.1) is 0 Å². The second-order valence-electron chi connectivity index (χ2n) is 5.14. The van der Waals surface area contributed by atoms with Crippen molar-refractivity contribution in [2.45, 2.75) is 40.3 Å². The Hall–Kier alpha value is -0.870. The lowest BCUT2D eigenvalue weighted by Gasteiger charge is -2.34. The summed E-state index contributed by atoms with van der Waals surface area (Å²) < 4.78 is 11.4. The van der Waals surface area contributed by atoms with E-state index in [0.29, 0.717) is 12.0 Å². The van der Waals surface area contributed by atoms with Gasteiger partial charge in [0.1, 0.15) is 5.76 Å². The summed E-state index contributed by atoms with van der Waals surface area (Å²) in [5, 5.41) is 0. The Labute approximate surface area is 103 Å². The van der Waals surface area contributed by atoms with Crippen LogP contribution in [0.2, 0.25) is 0 Å². The van der Waals surface area contributed by atoms with Crippen molar-refractivity contribution in [3.05, 3.63) is 17.3 Å². The van der Waals surface area contributed by atoms with Crippen LogP contribution in [0.1, 0.15) is 31.2 Å². The lowest BCUT2D eigenvalue weighted by atomic mass is 10.1. The summed E-state index contributed by atoms with van der Waals surface area (Å²) in [4.78, 5) is 6.79. The minimum Gasteiger partial charge on any atom is -0.444 e.